The molecule has 1 atom stereocenters. The van der Waals surface area contributed by atoms with E-state index in [2.05, 4.69) is 4.90 Å². The number of hydrogen-bond acceptors (Lipinski definition) is 2. The van der Waals surface area contributed by atoms with E-state index in [-0.39, 0.29) is 0 Å². The van der Waals surface area contributed by atoms with Gasteiger partial charge in [0.2, 0.25) is 0 Å². The highest BCUT2D eigenvalue weighted by molar-refractivity contribution is 5.76. The number of likely N-dealkylation sites (tertiary alicyclic amines) is 1. The number of carboxylic acid groups (broad SMARTS) is 1. The maximum Gasteiger partial charge on any atom is 0.312 e. The summed E-state index contributed by atoms with van der Waals surface area (Å²) < 4.78 is 0. The van der Waals surface area contributed by atoms with E-state index in [4.69, 9.17) is 0 Å². The van der Waals surface area contributed by atoms with Crippen LogP contribution in [-0.4, -0.2) is 35.6 Å². The highest BCUT2D eigenvalue weighted by atomic mass is 16.4. The third-order valence-corrected chi connectivity index (χ3v) is 3.89. The first-order valence-corrected chi connectivity index (χ1v) is 7.27. The number of carboxylic acids is 1. The smallest absolute Gasteiger partial charge is 0.312 e. The molecule has 1 saturated heterocycles. The van der Waals surface area contributed by atoms with E-state index >= 15 is 0 Å². The van der Waals surface area contributed by atoms with Crippen molar-refractivity contribution in [3.8, 4) is 0 Å². The van der Waals surface area contributed by atoms with Gasteiger partial charge in [-0.3, -0.25) is 4.79 Å². The predicted molar refractivity (Wildman–Crippen MR) is 76.3 cm³/mol. The van der Waals surface area contributed by atoms with E-state index in [0.29, 0.717) is 6.54 Å². The molecule has 0 bridgehead atoms. The number of nitrogens with zero attached hydrogens (tertiary/aromatic N) is 1. The number of hydrogen-bond donors (Lipinski definition) is 1. The summed E-state index contributed by atoms with van der Waals surface area (Å²) in [6, 6.07) is 9.60. The highest BCUT2D eigenvalue weighted by Gasteiger charge is 2.22. The lowest BCUT2D eigenvalue weighted by Gasteiger charge is -2.27. The fraction of sp³-hybridized carbons (Fsp3) is 0.562. The molecule has 1 aliphatic rings. The molecule has 3 heteroatoms. The van der Waals surface area contributed by atoms with Gasteiger partial charge in [0.25, 0.3) is 0 Å². The largest absolute Gasteiger partial charge is 0.481 e. The molecule has 0 saturated carbocycles. The molecule has 3 nitrogen and oxygen atoms in total. The summed E-state index contributed by atoms with van der Waals surface area (Å²) in [5, 5.41) is 9.46. The molecule has 1 heterocycles. The maximum absolute atomic E-state index is 11.5. The average Bonchev–Trinajstić information content (AvgIpc) is 2.38. The second kappa shape index (κ2) is 7.29. The molecule has 0 aliphatic carbocycles. The molecule has 1 unspecified atom stereocenters. The number of benzene rings is 1. The molecule has 1 aromatic carbocycles. The molecule has 2 rings (SSSR count). The van der Waals surface area contributed by atoms with Gasteiger partial charge in [0, 0.05) is 6.54 Å². The zero-order chi connectivity index (χ0) is 13.5. The van der Waals surface area contributed by atoms with Crippen LogP contribution < -0.4 is 0 Å². The molecule has 0 spiro atoms. The van der Waals surface area contributed by atoms with Gasteiger partial charge in [-0.25, -0.2) is 0 Å². The Kier molecular flexibility index (Phi) is 5.40. The first-order chi connectivity index (χ1) is 9.27. The van der Waals surface area contributed by atoms with E-state index in [1.807, 2.05) is 30.3 Å². The van der Waals surface area contributed by atoms with Gasteiger partial charge in [0.15, 0.2) is 0 Å². The van der Waals surface area contributed by atoms with Crippen molar-refractivity contribution in [1.29, 1.82) is 0 Å². The lowest BCUT2D eigenvalue weighted by atomic mass is 9.98. The van der Waals surface area contributed by atoms with Crippen molar-refractivity contribution >= 4 is 5.97 Å². The van der Waals surface area contributed by atoms with Crippen molar-refractivity contribution in [2.45, 2.75) is 38.0 Å². The summed E-state index contributed by atoms with van der Waals surface area (Å²) in [6.07, 6.45) is 6.27. The van der Waals surface area contributed by atoms with E-state index in [9.17, 15) is 9.90 Å². The molecule has 1 aliphatic heterocycles. The first kappa shape index (κ1) is 14.1. The van der Waals surface area contributed by atoms with Crippen LogP contribution in [-0.2, 0) is 4.79 Å². The van der Waals surface area contributed by atoms with Gasteiger partial charge in [0.05, 0.1) is 5.92 Å². The van der Waals surface area contributed by atoms with Crippen LogP contribution in [0.4, 0.5) is 0 Å². The van der Waals surface area contributed by atoms with Crippen LogP contribution in [0.2, 0.25) is 0 Å². The van der Waals surface area contributed by atoms with Crippen molar-refractivity contribution in [1.82, 2.24) is 4.90 Å². The molecule has 0 amide bonds. The molecule has 0 radical (unpaired) electrons. The van der Waals surface area contributed by atoms with Crippen LogP contribution in [0.15, 0.2) is 30.3 Å². The third kappa shape index (κ3) is 4.35. The maximum atomic E-state index is 11.5. The normalized spacial score (nSPS) is 19.4. The minimum absolute atomic E-state index is 0.402. The van der Waals surface area contributed by atoms with E-state index < -0.39 is 11.9 Å². The minimum atomic E-state index is -0.715. The van der Waals surface area contributed by atoms with Crippen LogP contribution in [0.3, 0.4) is 0 Å². The molecule has 19 heavy (non-hydrogen) atoms. The Morgan fingerprint density at radius 2 is 1.63 bits per heavy atom. The summed E-state index contributed by atoms with van der Waals surface area (Å²) >= 11 is 0. The summed E-state index contributed by atoms with van der Waals surface area (Å²) in [6.45, 7) is 2.71. The molecule has 104 valence electrons. The van der Waals surface area contributed by atoms with Crippen LogP contribution >= 0.6 is 0 Å². The second-order valence-electron chi connectivity index (χ2n) is 5.37. The Balaban J connectivity index is 2.01. The Morgan fingerprint density at radius 3 is 2.21 bits per heavy atom. The van der Waals surface area contributed by atoms with Crippen molar-refractivity contribution in [2.24, 2.45) is 0 Å². The highest BCUT2D eigenvalue weighted by Crippen LogP contribution is 2.19. The Bertz CT molecular complexity index is 383. The van der Waals surface area contributed by atoms with Gasteiger partial charge in [-0.1, -0.05) is 49.6 Å². The second-order valence-corrected chi connectivity index (χ2v) is 5.37. The van der Waals surface area contributed by atoms with Gasteiger partial charge in [-0.2, -0.15) is 0 Å². The molecular weight excluding hydrogens is 238 g/mol. The summed E-state index contributed by atoms with van der Waals surface area (Å²) in [5.74, 6) is -1.12. The Hall–Kier alpha value is -1.35. The summed E-state index contributed by atoms with van der Waals surface area (Å²) in [7, 11) is 0. The topological polar surface area (TPSA) is 40.5 Å². The van der Waals surface area contributed by atoms with Crippen molar-refractivity contribution in [3.63, 3.8) is 0 Å². The molecule has 0 aromatic heterocycles. The molecule has 1 N–H and O–H groups in total. The first-order valence-electron chi connectivity index (χ1n) is 7.27. The molecule has 1 fully saturated rings. The summed E-state index contributed by atoms with van der Waals surface area (Å²) in [4.78, 5) is 13.8. The fourth-order valence-corrected chi connectivity index (χ4v) is 2.77. The van der Waals surface area contributed by atoms with Gasteiger partial charge < -0.3 is 10.0 Å². The van der Waals surface area contributed by atoms with Crippen LogP contribution in [0.25, 0.3) is 0 Å². The SMILES string of the molecule is O=C(O)C(CN1CCCCCCC1)c1ccccc1. The zero-order valence-electron chi connectivity index (χ0n) is 11.4. The minimum Gasteiger partial charge on any atom is -0.481 e. The number of aliphatic carboxylic acids is 1. The quantitative estimate of drug-likeness (QED) is 0.905. The van der Waals surface area contributed by atoms with Crippen molar-refractivity contribution in [2.75, 3.05) is 19.6 Å². The van der Waals surface area contributed by atoms with Crippen LogP contribution in [0, 0.1) is 0 Å². The van der Waals surface area contributed by atoms with Crippen LogP contribution in [0.1, 0.15) is 43.6 Å². The van der Waals surface area contributed by atoms with E-state index in [0.717, 1.165) is 18.7 Å². The van der Waals surface area contributed by atoms with Crippen molar-refractivity contribution in [3.05, 3.63) is 35.9 Å². The third-order valence-electron chi connectivity index (χ3n) is 3.89. The summed E-state index contributed by atoms with van der Waals surface area (Å²) in [5.41, 5.74) is 0.914. The Morgan fingerprint density at radius 1 is 1.05 bits per heavy atom. The predicted octanol–water partition coefficient (Wildman–Crippen LogP) is 3.12. The Labute approximate surface area is 115 Å². The van der Waals surface area contributed by atoms with E-state index in [1.54, 1.807) is 0 Å². The lowest BCUT2D eigenvalue weighted by molar-refractivity contribution is -0.139. The van der Waals surface area contributed by atoms with Crippen LogP contribution in [0.5, 0.6) is 0 Å². The zero-order valence-corrected chi connectivity index (χ0v) is 11.4. The van der Waals surface area contributed by atoms with Gasteiger partial charge in [0.1, 0.15) is 0 Å². The number of rotatable bonds is 4. The van der Waals surface area contributed by atoms with Crippen molar-refractivity contribution < 1.29 is 9.90 Å². The van der Waals surface area contributed by atoms with Gasteiger partial charge in [-0.05, 0) is 31.5 Å². The average molecular weight is 261 g/mol. The fourth-order valence-electron chi connectivity index (χ4n) is 2.77. The molecular formula is C16H23NO2. The number of carbonyl (C=O) groups is 1. The molecule has 1 aromatic rings. The monoisotopic (exact) mass is 261 g/mol. The standard InChI is InChI=1S/C16H23NO2/c18-16(19)15(14-9-5-4-6-10-14)13-17-11-7-2-1-3-8-12-17/h4-6,9-10,15H,1-3,7-8,11-13H2,(H,18,19). The van der Waals surface area contributed by atoms with Gasteiger partial charge >= 0.3 is 5.97 Å². The lowest BCUT2D eigenvalue weighted by Crippen LogP contribution is -2.34. The van der Waals surface area contributed by atoms with Gasteiger partial charge in [-0.15, -0.1) is 0 Å². The van der Waals surface area contributed by atoms with E-state index in [1.165, 1.54) is 32.1 Å².